The number of aryl methyl sites for hydroxylation is 1. The van der Waals surface area contributed by atoms with Crippen LogP contribution in [0.2, 0.25) is 0 Å². The molecule has 102 valence electrons. The van der Waals surface area contributed by atoms with E-state index in [-0.39, 0.29) is 5.91 Å². The molecular weight excluding hydrogens is 302 g/mol. The lowest BCUT2D eigenvalue weighted by Crippen LogP contribution is -2.11. The summed E-state index contributed by atoms with van der Waals surface area (Å²) in [6.45, 7) is 3.91. The van der Waals surface area contributed by atoms with Crippen LogP contribution in [-0.4, -0.2) is 31.4 Å². The van der Waals surface area contributed by atoms with Crippen LogP contribution in [-0.2, 0) is 0 Å². The van der Waals surface area contributed by atoms with Crippen LogP contribution >= 0.6 is 34.6 Å². The summed E-state index contributed by atoms with van der Waals surface area (Å²) in [5, 5.41) is 15.0. The molecule has 2 aromatic heterocycles. The van der Waals surface area contributed by atoms with Gasteiger partial charge in [-0.1, -0.05) is 40.9 Å². The molecular formula is C10H13N5OS3. The summed E-state index contributed by atoms with van der Waals surface area (Å²) in [5.74, 6) is 0.797. The smallest absolute Gasteiger partial charge is 0.271 e. The van der Waals surface area contributed by atoms with Crippen LogP contribution in [0.1, 0.15) is 35.1 Å². The van der Waals surface area contributed by atoms with E-state index in [1.54, 1.807) is 18.7 Å². The molecule has 2 heterocycles. The van der Waals surface area contributed by atoms with Gasteiger partial charge >= 0.3 is 0 Å². The summed E-state index contributed by atoms with van der Waals surface area (Å²) in [6.07, 6.45) is 2.31. The Hall–Kier alpha value is -1.06. The normalized spacial score (nSPS) is 10.6. The fourth-order valence-electron chi connectivity index (χ4n) is 1.22. The van der Waals surface area contributed by atoms with E-state index in [2.05, 4.69) is 32.0 Å². The van der Waals surface area contributed by atoms with Gasteiger partial charge in [0.2, 0.25) is 5.13 Å². The van der Waals surface area contributed by atoms with Gasteiger partial charge in [0.05, 0.1) is 5.69 Å². The van der Waals surface area contributed by atoms with Crippen LogP contribution in [0.25, 0.3) is 0 Å². The Labute approximate surface area is 123 Å². The Morgan fingerprint density at radius 1 is 1.37 bits per heavy atom. The maximum Gasteiger partial charge on any atom is 0.271 e. The molecule has 0 aromatic carbocycles. The fraction of sp³-hybridized carbons (Fsp3) is 0.500. The van der Waals surface area contributed by atoms with Gasteiger partial charge in [-0.3, -0.25) is 10.1 Å². The third-order valence-electron chi connectivity index (χ3n) is 2.21. The predicted octanol–water partition coefficient (Wildman–Crippen LogP) is 2.84. The Morgan fingerprint density at radius 2 is 2.21 bits per heavy atom. The van der Waals surface area contributed by atoms with Gasteiger partial charge in [0.15, 0.2) is 4.34 Å². The summed E-state index contributed by atoms with van der Waals surface area (Å²) in [6, 6.07) is 0. The molecule has 0 radical (unpaired) electrons. The van der Waals surface area contributed by atoms with Gasteiger partial charge in [-0.05, 0) is 24.9 Å². The first-order valence-corrected chi connectivity index (χ1v) is 8.35. The minimum atomic E-state index is -0.228. The van der Waals surface area contributed by atoms with Crippen LogP contribution in [0, 0.1) is 6.92 Å². The number of anilines is 1. The van der Waals surface area contributed by atoms with Crippen molar-refractivity contribution < 1.29 is 4.79 Å². The SMILES string of the molecule is CCCCSc1nnc(NC(=O)c2snnc2C)s1. The van der Waals surface area contributed by atoms with Crippen molar-refractivity contribution in [2.75, 3.05) is 11.1 Å². The summed E-state index contributed by atoms with van der Waals surface area (Å²) in [5.41, 5.74) is 0.629. The second-order valence-electron chi connectivity index (χ2n) is 3.72. The molecule has 1 N–H and O–H groups in total. The van der Waals surface area contributed by atoms with E-state index in [0.717, 1.165) is 34.5 Å². The minimum absolute atomic E-state index is 0.228. The highest BCUT2D eigenvalue weighted by atomic mass is 32.2. The van der Waals surface area contributed by atoms with Crippen LogP contribution < -0.4 is 5.32 Å². The number of aromatic nitrogens is 4. The largest absolute Gasteiger partial charge is 0.296 e. The van der Waals surface area contributed by atoms with Crippen molar-refractivity contribution in [2.45, 2.75) is 31.0 Å². The molecule has 19 heavy (non-hydrogen) atoms. The summed E-state index contributed by atoms with van der Waals surface area (Å²) in [4.78, 5) is 12.4. The fourth-order valence-corrected chi connectivity index (χ4v) is 3.67. The van der Waals surface area contributed by atoms with E-state index >= 15 is 0 Å². The van der Waals surface area contributed by atoms with Crippen LogP contribution in [0.3, 0.4) is 0 Å². The molecule has 0 spiro atoms. The van der Waals surface area contributed by atoms with Crippen molar-refractivity contribution in [3.05, 3.63) is 10.6 Å². The lowest BCUT2D eigenvalue weighted by molar-refractivity contribution is 0.102. The molecule has 0 aliphatic heterocycles. The Bertz CT molecular complexity index is 553. The maximum atomic E-state index is 11.9. The number of nitrogens with one attached hydrogen (secondary N) is 1. The Kier molecular flexibility index (Phi) is 5.23. The lowest BCUT2D eigenvalue weighted by Gasteiger charge is -1.97. The number of hydrogen-bond acceptors (Lipinski definition) is 8. The highest BCUT2D eigenvalue weighted by Gasteiger charge is 2.15. The molecule has 0 aliphatic carbocycles. The van der Waals surface area contributed by atoms with E-state index < -0.39 is 0 Å². The zero-order chi connectivity index (χ0) is 13.7. The summed E-state index contributed by atoms with van der Waals surface area (Å²) >= 11 is 4.13. The van der Waals surface area contributed by atoms with Crippen molar-refractivity contribution in [1.82, 2.24) is 19.8 Å². The van der Waals surface area contributed by atoms with E-state index in [0.29, 0.717) is 15.7 Å². The van der Waals surface area contributed by atoms with Crippen molar-refractivity contribution >= 4 is 45.7 Å². The van der Waals surface area contributed by atoms with Crippen molar-refractivity contribution in [2.24, 2.45) is 0 Å². The van der Waals surface area contributed by atoms with Crippen LogP contribution in [0.15, 0.2) is 4.34 Å². The van der Waals surface area contributed by atoms with Gasteiger partial charge in [0, 0.05) is 5.75 Å². The molecule has 1 amide bonds. The average Bonchev–Trinajstić information content (AvgIpc) is 2.99. The number of amides is 1. The predicted molar refractivity (Wildman–Crippen MR) is 78.1 cm³/mol. The third-order valence-corrected chi connectivity index (χ3v) is 5.09. The first-order valence-electron chi connectivity index (χ1n) is 5.77. The van der Waals surface area contributed by atoms with Gasteiger partial charge in [0.1, 0.15) is 4.88 Å². The summed E-state index contributed by atoms with van der Waals surface area (Å²) < 4.78 is 4.61. The lowest BCUT2D eigenvalue weighted by atomic mass is 10.4. The molecule has 6 nitrogen and oxygen atoms in total. The van der Waals surface area contributed by atoms with Gasteiger partial charge in [-0.2, -0.15) is 0 Å². The standard InChI is InChI=1S/C10H13N5OS3/c1-3-4-5-17-10-14-13-9(18-10)11-8(16)7-6(2)12-15-19-7/h3-5H2,1-2H3,(H,11,13,16). The van der Waals surface area contributed by atoms with Gasteiger partial charge < -0.3 is 0 Å². The zero-order valence-corrected chi connectivity index (χ0v) is 13.0. The molecule has 0 saturated carbocycles. The molecule has 0 saturated heterocycles. The Balaban J connectivity index is 1.93. The topological polar surface area (TPSA) is 80.7 Å². The van der Waals surface area contributed by atoms with Crippen LogP contribution in [0.4, 0.5) is 5.13 Å². The van der Waals surface area contributed by atoms with Crippen molar-refractivity contribution in [3.63, 3.8) is 0 Å². The number of hydrogen-bond donors (Lipinski definition) is 1. The number of unbranched alkanes of at least 4 members (excludes halogenated alkanes) is 1. The first-order chi connectivity index (χ1) is 9.20. The van der Waals surface area contributed by atoms with Gasteiger partial charge in [-0.15, -0.1) is 15.3 Å². The van der Waals surface area contributed by atoms with E-state index in [1.165, 1.54) is 11.3 Å². The maximum absolute atomic E-state index is 11.9. The average molecular weight is 315 g/mol. The number of carbonyl (C=O) groups excluding carboxylic acids is 1. The van der Waals surface area contributed by atoms with Gasteiger partial charge in [-0.25, -0.2) is 0 Å². The van der Waals surface area contributed by atoms with Crippen LogP contribution in [0.5, 0.6) is 0 Å². The second kappa shape index (κ2) is 6.92. The molecule has 0 unspecified atom stereocenters. The number of nitrogens with zero attached hydrogens (tertiary/aromatic N) is 4. The molecule has 0 fully saturated rings. The highest BCUT2D eigenvalue weighted by Crippen LogP contribution is 2.26. The van der Waals surface area contributed by atoms with E-state index in [4.69, 9.17) is 0 Å². The molecule has 9 heteroatoms. The number of carbonyl (C=O) groups is 1. The summed E-state index contributed by atoms with van der Waals surface area (Å²) in [7, 11) is 0. The molecule has 0 atom stereocenters. The molecule has 2 aromatic rings. The highest BCUT2D eigenvalue weighted by molar-refractivity contribution is 8.01. The third kappa shape index (κ3) is 3.95. The molecule has 0 aliphatic rings. The minimum Gasteiger partial charge on any atom is -0.296 e. The monoisotopic (exact) mass is 315 g/mol. The zero-order valence-electron chi connectivity index (χ0n) is 10.5. The first kappa shape index (κ1) is 14.4. The van der Waals surface area contributed by atoms with E-state index in [9.17, 15) is 4.79 Å². The Morgan fingerprint density at radius 3 is 2.89 bits per heavy atom. The van der Waals surface area contributed by atoms with E-state index in [1.807, 2.05) is 0 Å². The number of thioether (sulfide) groups is 1. The van der Waals surface area contributed by atoms with Gasteiger partial charge in [0.25, 0.3) is 5.91 Å². The second-order valence-corrected chi connectivity index (χ2v) is 6.79. The van der Waals surface area contributed by atoms with Crippen molar-refractivity contribution in [1.29, 1.82) is 0 Å². The quantitative estimate of drug-likeness (QED) is 0.501. The molecule has 0 bridgehead atoms. The van der Waals surface area contributed by atoms with Crippen molar-refractivity contribution in [3.8, 4) is 0 Å². The number of rotatable bonds is 6. The molecule has 2 rings (SSSR count).